The number of piperazine rings is 1. The Hall–Kier alpha value is -3.70. The van der Waals surface area contributed by atoms with Gasteiger partial charge in [0.05, 0.1) is 5.56 Å². The largest absolute Gasteiger partial charge is 0.508 e. The summed E-state index contributed by atoms with van der Waals surface area (Å²) in [6.07, 6.45) is 1.63. The summed E-state index contributed by atoms with van der Waals surface area (Å²) in [5.41, 5.74) is -0.230. The lowest BCUT2D eigenvalue weighted by atomic mass is 9.91. The number of aromatic hydroxyl groups is 1. The van der Waals surface area contributed by atoms with E-state index in [1.807, 2.05) is 16.8 Å². The maximum Gasteiger partial charge on any atom is 0.319 e. The predicted octanol–water partition coefficient (Wildman–Crippen LogP) is 5.50. The Morgan fingerprint density at radius 2 is 1.79 bits per heavy atom. The van der Waals surface area contributed by atoms with E-state index in [1.54, 1.807) is 6.92 Å². The molecule has 4 aromatic rings. The first-order valence-corrected chi connectivity index (χ1v) is 14.8. The molecule has 3 fully saturated rings. The molecule has 226 valence electrons. The molecule has 7 nitrogen and oxygen atoms in total. The number of rotatable bonds is 6. The van der Waals surface area contributed by atoms with Crippen LogP contribution in [0.2, 0.25) is 0 Å². The molecule has 4 atom stereocenters. The number of hydrogen-bond acceptors (Lipinski definition) is 7. The lowest BCUT2D eigenvalue weighted by Gasteiger charge is -2.34. The molecule has 3 aliphatic heterocycles. The van der Waals surface area contributed by atoms with E-state index >= 15 is 8.78 Å². The molecule has 3 aromatic carbocycles. The molecule has 7 rings (SSSR count). The number of anilines is 1. The third-order valence-corrected chi connectivity index (χ3v) is 9.18. The average molecular weight is 596 g/mol. The number of likely N-dealkylation sites (N-methyl/N-ethyl adjacent to an activating group) is 1. The van der Waals surface area contributed by atoms with Crippen molar-refractivity contribution in [3.8, 4) is 22.9 Å². The molecule has 0 aliphatic carbocycles. The maximum atomic E-state index is 16.7. The standard InChI is InChI=1S/C32H33F4N5O2/c1-3-22-25(34)7-4-16-8-21(42)10-23(27(16)22)28-26(35)11-24-30(29(28)36)38-32(43-15-20-9-17(33)12-40(20)2)39-31(24)41-13-18-5-6-19(14-41)37-18/h4,7-8,10-11,17-20,37,42H,3,5-6,9,12-15H2,1-2H3/t17-,18-,19+,20+/m1/s1. The van der Waals surface area contributed by atoms with Gasteiger partial charge in [-0.2, -0.15) is 9.97 Å². The van der Waals surface area contributed by atoms with E-state index in [-0.39, 0.29) is 59.4 Å². The topological polar surface area (TPSA) is 73.8 Å². The van der Waals surface area contributed by atoms with Gasteiger partial charge in [0, 0.05) is 43.1 Å². The minimum atomic E-state index is -0.957. The second-order valence-corrected chi connectivity index (χ2v) is 12.0. The summed E-state index contributed by atoms with van der Waals surface area (Å²) in [4.78, 5) is 12.9. The first kappa shape index (κ1) is 28.1. The van der Waals surface area contributed by atoms with Crippen LogP contribution in [0.4, 0.5) is 23.4 Å². The minimum Gasteiger partial charge on any atom is -0.508 e. The summed E-state index contributed by atoms with van der Waals surface area (Å²) in [7, 11) is 1.82. The van der Waals surface area contributed by atoms with Gasteiger partial charge in [0.1, 0.15) is 41.5 Å². The highest BCUT2D eigenvalue weighted by Gasteiger charge is 2.35. The summed E-state index contributed by atoms with van der Waals surface area (Å²) in [5, 5.41) is 15.0. The van der Waals surface area contributed by atoms with Crippen molar-refractivity contribution in [1.82, 2.24) is 20.2 Å². The Labute approximate surface area is 246 Å². The van der Waals surface area contributed by atoms with Crippen LogP contribution < -0.4 is 15.0 Å². The number of nitrogens with zero attached hydrogens (tertiary/aromatic N) is 4. The van der Waals surface area contributed by atoms with E-state index in [4.69, 9.17) is 4.74 Å². The molecule has 2 N–H and O–H groups in total. The van der Waals surface area contributed by atoms with Crippen molar-refractivity contribution in [3.63, 3.8) is 0 Å². The Balaban J connectivity index is 1.41. The van der Waals surface area contributed by atoms with E-state index in [2.05, 4.69) is 15.3 Å². The molecule has 0 amide bonds. The average Bonchev–Trinajstić information content (AvgIpc) is 3.49. The van der Waals surface area contributed by atoms with Crippen LogP contribution in [0.3, 0.4) is 0 Å². The molecule has 0 unspecified atom stereocenters. The summed E-state index contributed by atoms with van der Waals surface area (Å²) in [6.45, 7) is 3.40. The number of nitrogens with one attached hydrogen (secondary N) is 1. The van der Waals surface area contributed by atoms with Gasteiger partial charge in [0.25, 0.3) is 0 Å². The fourth-order valence-electron chi connectivity index (χ4n) is 7.10. The number of aromatic nitrogens is 2. The third-order valence-electron chi connectivity index (χ3n) is 9.18. The van der Waals surface area contributed by atoms with Gasteiger partial charge in [0.2, 0.25) is 0 Å². The first-order valence-electron chi connectivity index (χ1n) is 14.8. The van der Waals surface area contributed by atoms with Gasteiger partial charge in [-0.25, -0.2) is 17.6 Å². The molecular formula is C32H33F4N5O2. The van der Waals surface area contributed by atoms with Crippen molar-refractivity contribution in [3.05, 3.63) is 53.3 Å². The number of phenols is 1. The highest BCUT2D eigenvalue weighted by atomic mass is 19.1. The van der Waals surface area contributed by atoms with Crippen molar-refractivity contribution in [2.75, 3.05) is 38.2 Å². The number of benzene rings is 3. The van der Waals surface area contributed by atoms with E-state index in [9.17, 15) is 13.9 Å². The molecule has 2 bridgehead atoms. The maximum absolute atomic E-state index is 16.7. The molecule has 4 heterocycles. The van der Waals surface area contributed by atoms with Gasteiger partial charge < -0.3 is 20.1 Å². The van der Waals surface area contributed by atoms with Crippen LogP contribution in [0.1, 0.15) is 31.7 Å². The fourth-order valence-corrected chi connectivity index (χ4v) is 7.10. The Bertz CT molecular complexity index is 1720. The Morgan fingerprint density at radius 3 is 2.49 bits per heavy atom. The molecule has 3 aliphatic rings. The molecule has 0 spiro atoms. The fraction of sp³-hybridized carbons (Fsp3) is 0.438. The van der Waals surface area contributed by atoms with Crippen molar-refractivity contribution >= 4 is 27.5 Å². The van der Waals surface area contributed by atoms with Gasteiger partial charge in [-0.3, -0.25) is 4.90 Å². The Morgan fingerprint density at radius 1 is 1.02 bits per heavy atom. The monoisotopic (exact) mass is 595 g/mol. The van der Waals surface area contributed by atoms with E-state index in [0.29, 0.717) is 48.2 Å². The van der Waals surface area contributed by atoms with Gasteiger partial charge in [-0.1, -0.05) is 13.0 Å². The number of halogens is 4. The number of alkyl halides is 1. The number of phenolic OH excluding ortho intramolecular Hbond substituents is 1. The SMILES string of the molecule is CCc1c(F)ccc2cc(O)cc(-c3c(F)cc4c(N5C[C@H]6CC[C@@H](C5)N6)nc(OC[C@@H]5C[C@@H](F)CN5C)nc4c3F)c12. The van der Waals surface area contributed by atoms with Crippen LogP contribution in [0.25, 0.3) is 32.8 Å². The number of ether oxygens (including phenoxy) is 1. The van der Waals surface area contributed by atoms with Crippen molar-refractivity contribution in [2.24, 2.45) is 0 Å². The number of fused-ring (bicyclic) bond motifs is 4. The lowest BCUT2D eigenvalue weighted by molar-refractivity contribution is 0.188. The molecule has 0 saturated carbocycles. The number of likely N-dealkylation sites (tertiary alicyclic amines) is 1. The number of aryl methyl sites for hydroxylation is 1. The normalized spacial score (nSPS) is 24.0. The van der Waals surface area contributed by atoms with Crippen LogP contribution in [-0.2, 0) is 6.42 Å². The molecule has 0 radical (unpaired) electrons. The van der Waals surface area contributed by atoms with Crippen LogP contribution in [0.15, 0.2) is 30.3 Å². The van der Waals surface area contributed by atoms with Crippen molar-refractivity contribution in [1.29, 1.82) is 0 Å². The quantitative estimate of drug-likeness (QED) is 0.286. The van der Waals surface area contributed by atoms with Crippen molar-refractivity contribution in [2.45, 2.75) is 56.9 Å². The van der Waals surface area contributed by atoms with Gasteiger partial charge in [-0.05, 0) is 78.9 Å². The molecule has 1 aromatic heterocycles. The summed E-state index contributed by atoms with van der Waals surface area (Å²) >= 11 is 0. The van der Waals surface area contributed by atoms with Gasteiger partial charge >= 0.3 is 6.01 Å². The predicted molar refractivity (Wildman–Crippen MR) is 157 cm³/mol. The van der Waals surface area contributed by atoms with E-state index in [1.165, 1.54) is 30.3 Å². The van der Waals surface area contributed by atoms with Crippen LogP contribution in [0, 0.1) is 17.5 Å². The second-order valence-electron chi connectivity index (χ2n) is 12.0. The third kappa shape index (κ3) is 4.92. The second kappa shape index (κ2) is 10.8. The van der Waals surface area contributed by atoms with E-state index in [0.717, 1.165) is 12.8 Å². The zero-order chi connectivity index (χ0) is 30.0. The smallest absolute Gasteiger partial charge is 0.319 e. The van der Waals surface area contributed by atoms with E-state index < -0.39 is 29.2 Å². The number of hydrogen-bond donors (Lipinski definition) is 2. The van der Waals surface area contributed by atoms with Crippen LogP contribution in [-0.4, -0.2) is 77.6 Å². The summed E-state index contributed by atoms with van der Waals surface area (Å²) in [5.74, 6) is -2.16. The molecular weight excluding hydrogens is 562 g/mol. The molecule has 11 heteroatoms. The first-order chi connectivity index (χ1) is 20.7. The van der Waals surface area contributed by atoms with Gasteiger partial charge in [-0.15, -0.1) is 0 Å². The Kier molecular flexibility index (Phi) is 7.04. The summed E-state index contributed by atoms with van der Waals surface area (Å²) < 4.78 is 67.7. The van der Waals surface area contributed by atoms with Crippen LogP contribution >= 0.6 is 0 Å². The highest BCUT2D eigenvalue weighted by Crippen LogP contribution is 2.42. The van der Waals surface area contributed by atoms with Gasteiger partial charge in [0.15, 0.2) is 5.82 Å². The minimum absolute atomic E-state index is 0.0349. The zero-order valence-electron chi connectivity index (χ0n) is 24.0. The van der Waals surface area contributed by atoms with Crippen molar-refractivity contribution < 1.29 is 27.4 Å². The molecule has 3 saturated heterocycles. The highest BCUT2D eigenvalue weighted by molar-refractivity contribution is 6.03. The van der Waals surface area contributed by atoms with Crippen LogP contribution in [0.5, 0.6) is 11.8 Å². The summed E-state index contributed by atoms with van der Waals surface area (Å²) in [6, 6.07) is 6.88. The lowest BCUT2D eigenvalue weighted by Crippen LogP contribution is -2.51. The zero-order valence-corrected chi connectivity index (χ0v) is 24.0. The molecule has 43 heavy (non-hydrogen) atoms.